The predicted molar refractivity (Wildman–Crippen MR) is 49.3 cm³/mol. The van der Waals surface area contributed by atoms with Gasteiger partial charge in [0.2, 0.25) is 5.78 Å². The Balaban J connectivity index is 2.55. The lowest BCUT2D eigenvalue weighted by Gasteiger charge is -2.33. The molecule has 0 aliphatic carbocycles. The number of carbonyl (C=O) groups is 2. The van der Waals surface area contributed by atoms with E-state index in [0.717, 1.165) is 32.6 Å². The van der Waals surface area contributed by atoms with E-state index >= 15 is 0 Å². The molecule has 0 bridgehead atoms. The smallest absolute Gasteiger partial charge is 0.212 e. The Morgan fingerprint density at radius 1 is 1.69 bits per heavy atom. The van der Waals surface area contributed by atoms with E-state index in [4.69, 9.17) is 0 Å². The Morgan fingerprint density at radius 3 is 3.08 bits per heavy atom. The fraction of sp³-hybridized carbons (Fsp3) is 0.778. The molecule has 4 nitrogen and oxygen atoms in total. The first-order valence-electron chi connectivity index (χ1n) is 4.73. The molecular weight excluding hydrogens is 168 g/mol. The monoisotopic (exact) mass is 184 g/mol. The lowest BCUT2D eigenvalue weighted by molar-refractivity contribution is -0.134. The first kappa shape index (κ1) is 10.3. The number of carbonyl (C=O) groups excluding carboxylic acids is 2. The van der Waals surface area contributed by atoms with Crippen LogP contribution in [0.15, 0.2) is 0 Å². The first-order chi connectivity index (χ1) is 6.29. The molecule has 13 heavy (non-hydrogen) atoms. The minimum atomic E-state index is -0.282. The minimum absolute atomic E-state index is 0.182. The fourth-order valence-corrected chi connectivity index (χ4v) is 1.68. The van der Waals surface area contributed by atoms with Crippen LogP contribution in [0, 0.1) is 0 Å². The highest BCUT2D eigenvalue weighted by atomic mass is 16.2. The topological polar surface area (TPSA) is 49.4 Å². The average Bonchev–Trinajstić information content (AvgIpc) is 2.18. The van der Waals surface area contributed by atoms with Crippen LogP contribution in [0.25, 0.3) is 0 Å². The predicted octanol–water partition coefficient (Wildman–Crippen LogP) is -0.214. The number of hydrogen-bond donors (Lipinski definition) is 1. The van der Waals surface area contributed by atoms with Gasteiger partial charge in [-0.15, -0.1) is 0 Å². The van der Waals surface area contributed by atoms with Crippen LogP contribution in [-0.2, 0) is 9.59 Å². The van der Waals surface area contributed by atoms with Crippen LogP contribution >= 0.6 is 0 Å². The molecule has 74 valence electrons. The third-order valence-corrected chi connectivity index (χ3v) is 2.31. The summed E-state index contributed by atoms with van der Waals surface area (Å²) >= 11 is 0. The molecule has 1 atom stereocenters. The van der Waals surface area contributed by atoms with Gasteiger partial charge in [-0.1, -0.05) is 6.92 Å². The van der Waals surface area contributed by atoms with Gasteiger partial charge in [-0.25, -0.2) is 0 Å². The number of rotatable bonds is 4. The molecule has 0 radical (unpaired) electrons. The lowest BCUT2D eigenvalue weighted by Crippen LogP contribution is -2.52. The molecule has 1 aliphatic rings. The summed E-state index contributed by atoms with van der Waals surface area (Å²) in [4.78, 5) is 23.6. The molecule has 4 heteroatoms. The van der Waals surface area contributed by atoms with Gasteiger partial charge in [0.05, 0.1) is 6.04 Å². The van der Waals surface area contributed by atoms with Crippen LogP contribution in [0.2, 0.25) is 0 Å². The maximum absolute atomic E-state index is 11.2. The van der Waals surface area contributed by atoms with Crippen LogP contribution in [0.4, 0.5) is 0 Å². The molecule has 0 amide bonds. The van der Waals surface area contributed by atoms with Crippen LogP contribution in [-0.4, -0.2) is 42.8 Å². The largest absolute Gasteiger partial charge is 0.304 e. The maximum atomic E-state index is 11.2. The second-order valence-corrected chi connectivity index (χ2v) is 3.30. The van der Waals surface area contributed by atoms with Crippen LogP contribution in [0.5, 0.6) is 0 Å². The van der Waals surface area contributed by atoms with Gasteiger partial charge in [-0.2, -0.15) is 0 Å². The fourth-order valence-electron chi connectivity index (χ4n) is 1.68. The van der Waals surface area contributed by atoms with Gasteiger partial charge in [0, 0.05) is 6.67 Å². The summed E-state index contributed by atoms with van der Waals surface area (Å²) in [6.07, 6.45) is 2.19. The Labute approximate surface area is 78.3 Å². The molecule has 1 fully saturated rings. The number of Topliss-reactive ketones (excluding diaryl/α,β-unsaturated/α-hetero) is 1. The summed E-state index contributed by atoms with van der Waals surface area (Å²) in [5.74, 6) is -0.282. The van der Waals surface area contributed by atoms with Crippen molar-refractivity contribution in [1.82, 2.24) is 10.2 Å². The molecule has 1 saturated heterocycles. The SMILES string of the molecule is CCCN1CNCCC1C(=O)C=O. The van der Waals surface area contributed by atoms with Gasteiger partial charge >= 0.3 is 0 Å². The summed E-state index contributed by atoms with van der Waals surface area (Å²) < 4.78 is 0. The molecule has 0 saturated carbocycles. The molecule has 0 spiro atoms. The standard InChI is InChI=1S/C9H16N2O2/c1-2-5-11-7-10-4-3-8(11)9(13)6-12/h6,8,10H,2-5,7H2,1H3. The Hall–Kier alpha value is -0.740. The summed E-state index contributed by atoms with van der Waals surface area (Å²) in [5.41, 5.74) is 0. The molecule has 1 rings (SSSR count). The van der Waals surface area contributed by atoms with E-state index in [1.165, 1.54) is 0 Å². The molecule has 1 N–H and O–H groups in total. The third-order valence-electron chi connectivity index (χ3n) is 2.31. The van der Waals surface area contributed by atoms with Gasteiger partial charge < -0.3 is 5.32 Å². The second kappa shape index (κ2) is 5.09. The highest BCUT2D eigenvalue weighted by Gasteiger charge is 2.26. The van der Waals surface area contributed by atoms with Gasteiger partial charge in [0.25, 0.3) is 0 Å². The summed E-state index contributed by atoms with van der Waals surface area (Å²) in [6, 6.07) is -0.182. The average molecular weight is 184 g/mol. The molecule has 0 aromatic carbocycles. The summed E-state index contributed by atoms with van der Waals surface area (Å²) in [7, 11) is 0. The van der Waals surface area contributed by atoms with Crippen molar-refractivity contribution in [3.63, 3.8) is 0 Å². The van der Waals surface area contributed by atoms with Crippen molar-refractivity contribution in [2.45, 2.75) is 25.8 Å². The van der Waals surface area contributed by atoms with E-state index < -0.39 is 0 Å². The lowest BCUT2D eigenvalue weighted by atomic mass is 10.1. The number of aldehydes is 1. The Morgan fingerprint density at radius 2 is 2.46 bits per heavy atom. The van der Waals surface area contributed by atoms with E-state index in [1.54, 1.807) is 0 Å². The van der Waals surface area contributed by atoms with Gasteiger partial charge in [-0.3, -0.25) is 14.5 Å². The van der Waals surface area contributed by atoms with Gasteiger partial charge in [-0.05, 0) is 25.9 Å². The van der Waals surface area contributed by atoms with Crippen LogP contribution in [0.1, 0.15) is 19.8 Å². The van der Waals surface area contributed by atoms with Crippen LogP contribution in [0.3, 0.4) is 0 Å². The zero-order chi connectivity index (χ0) is 9.68. The zero-order valence-corrected chi connectivity index (χ0v) is 7.95. The minimum Gasteiger partial charge on any atom is -0.304 e. The van der Waals surface area contributed by atoms with Crippen molar-refractivity contribution in [1.29, 1.82) is 0 Å². The molecular formula is C9H16N2O2. The number of nitrogens with zero attached hydrogens (tertiary/aromatic N) is 1. The van der Waals surface area contributed by atoms with Crippen LogP contribution < -0.4 is 5.32 Å². The Kier molecular flexibility index (Phi) is 4.05. The van der Waals surface area contributed by atoms with Crippen molar-refractivity contribution >= 4 is 12.1 Å². The first-order valence-corrected chi connectivity index (χ1v) is 4.73. The highest BCUT2D eigenvalue weighted by Crippen LogP contribution is 2.08. The number of ketones is 1. The van der Waals surface area contributed by atoms with Gasteiger partial charge in [0.15, 0.2) is 6.29 Å². The van der Waals surface area contributed by atoms with E-state index in [0.29, 0.717) is 6.29 Å². The van der Waals surface area contributed by atoms with Crippen molar-refractivity contribution in [3.05, 3.63) is 0 Å². The number of hydrogen-bond acceptors (Lipinski definition) is 4. The molecule has 1 unspecified atom stereocenters. The van der Waals surface area contributed by atoms with Crippen molar-refractivity contribution in [3.8, 4) is 0 Å². The normalized spacial score (nSPS) is 24.2. The molecule has 1 aliphatic heterocycles. The van der Waals surface area contributed by atoms with Gasteiger partial charge in [0.1, 0.15) is 0 Å². The Bertz CT molecular complexity index is 192. The summed E-state index contributed by atoms with van der Waals surface area (Å²) in [6.45, 7) is 4.48. The quantitative estimate of drug-likeness (QED) is 0.485. The molecule has 0 aromatic rings. The van der Waals surface area contributed by atoms with E-state index in [-0.39, 0.29) is 11.8 Å². The number of nitrogens with one attached hydrogen (secondary N) is 1. The van der Waals surface area contributed by atoms with E-state index in [9.17, 15) is 9.59 Å². The zero-order valence-electron chi connectivity index (χ0n) is 7.95. The van der Waals surface area contributed by atoms with Crippen molar-refractivity contribution < 1.29 is 9.59 Å². The maximum Gasteiger partial charge on any atom is 0.212 e. The highest BCUT2D eigenvalue weighted by molar-refractivity contribution is 6.27. The van der Waals surface area contributed by atoms with Crippen molar-refractivity contribution in [2.24, 2.45) is 0 Å². The van der Waals surface area contributed by atoms with Crippen molar-refractivity contribution in [2.75, 3.05) is 19.8 Å². The second-order valence-electron chi connectivity index (χ2n) is 3.30. The van der Waals surface area contributed by atoms with E-state index in [1.807, 2.05) is 4.90 Å². The molecule has 0 aromatic heterocycles. The third kappa shape index (κ3) is 2.60. The molecule has 1 heterocycles. The van der Waals surface area contributed by atoms with E-state index in [2.05, 4.69) is 12.2 Å². The summed E-state index contributed by atoms with van der Waals surface area (Å²) in [5, 5.41) is 3.19.